The van der Waals surface area contributed by atoms with Crippen LogP contribution >= 0.6 is 0 Å². The monoisotopic (exact) mass is 426 g/mol. The van der Waals surface area contributed by atoms with E-state index >= 15 is 0 Å². The fraction of sp³-hybridized carbons (Fsp3) is 0.609. The molecule has 3 fully saturated rings. The summed E-state index contributed by atoms with van der Waals surface area (Å²) in [6, 6.07) is 4.94. The SMILES string of the molecule is O=C1CCC(N2Cc3cc(OCCN4CC(C5CCCNC5)C4)ccc3C2=O)C(=O)N1. The first-order chi connectivity index (χ1) is 15.1. The number of rotatable bonds is 6. The maximum absolute atomic E-state index is 12.8. The van der Waals surface area contributed by atoms with Crippen LogP contribution in [0.1, 0.15) is 41.6 Å². The average Bonchev–Trinajstić information content (AvgIpc) is 3.06. The molecular weight excluding hydrogens is 396 g/mol. The third kappa shape index (κ3) is 4.19. The molecule has 0 radical (unpaired) electrons. The summed E-state index contributed by atoms with van der Waals surface area (Å²) in [5.41, 5.74) is 1.49. The third-order valence-electron chi connectivity index (χ3n) is 7.16. The zero-order valence-corrected chi connectivity index (χ0v) is 17.8. The number of likely N-dealkylation sites (tertiary alicyclic amines) is 1. The van der Waals surface area contributed by atoms with Crippen molar-refractivity contribution in [2.75, 3.05) is 39.3 Å². The Morgan fingerprint density at radius 1 is 1.10 bits per heavy atom. The van der Waals surface area contributed by atoms with Crippen LogP contribution in [0.3, 0.4) is 0 Å². The molecule has 8 nitrogen and oxygen atoms in total. The van der Waals surface area contributed by atoms with Gasteiger partial charge < -0.3 is 15.0 Å². The normalized spacial score (nSPS) is 27.1. The lowest BCUT2D eigenvalue weighted by molar-refractivity contribution is -0.136. The highest BCUT2D eigenvalue weighted by Gasteiger charge is 2.39. The first-order valence-electron chi connectivity index (χ1n) is 11.4. The number of hydrogen-bond donors (Lipinski definition) is 2. The molecule has 4 aliphatic heterocycles. The van der Waals surface area contributed by atoms with E-state index in [0.29, 0.717) is 25.1 Å². The van der Waals surface area contributed by atoms with Crippen LogP contribution in [0.25, 0.3) is 0 Å². The summed E-state index contributed by atoms with van der Waals surface area (Å²) in [6.07, 6.45) is 3.29. The lowest BCUT2D eigenvalue weighted by Crippen LogP contribution is -2.53. The van der Waals surface area contributed by atoms with Gasteiger partial charge in [0.05, 0.1) is 0 Å². The van der Waals surface area contributed by atoms with E-state index in [-0.39, 0.29) is 24.1 Å². The van der Waals surface area contributed by atoms with Crippen LogP contribution in [-0.4, -0.2) is 72.9 Å². The molecule has 2 atom stereocenters. The molecule has 3 saturated heterocycles. The molecule has 2 N–H and O–H groups in total. The maximum Gasteiger partial charge on any atom is 0.255 e. The Morgan fingerprint density at radius 2 is 1.97 bits per heavy atom. The number of carbonyl (C=O) groups is 3. The lowest BCUT2D eigenvalue weighted by Gasteiger charge is -2.44. The summed E-state index contributed by atoms with van der Waals surface area (Å²) >= 11 is 0. The quantitative estimate of drug-likeness (QED) is 0.653. The molecule has 5 rings (SSSR count). The van der Waals surface area contributed by atoms with Crippen molar-refractivity contribution in [2.24, 2.45) is 11.8 Å². The molecule has 4 heterocycles. The first kappa shape index (κ1) is 20.5. The van der Waals surface area contributed by atoms with Crippen molar-refractivity contribution in [2.45, 2.75) is 38.3 Å². The Morgan fingerprint density at radius 3 is 2.74 bits per heavy atom. The summed E-state index contributed by atoms with van der Waals surface area (Å²) in [5, 5.41) is 5.84. The Labute approximate surface area is 182 Å². The van der Waals surface area contributed by atoms with E-state index < -0.39 is 6.04 Å². The van der Waals surface area contributed by atoms with E-state index in [9.17, 15) is 14.4 Å². The van der Waals surface area contributed by atoms with Crippen molar-refractivity contribution in [1.29, 1.82) is 0 Å². The molecule has 3 amide bonds. The van der Waals surface area contributed by atoms with Crippen molar-refractivity contribution in [3.8, 4) is 5.75 Å². The smallest absolute Gasteiger partial charge is 0.255 e. The Balaban J connectivity index is 1.11. The third-order valence-corrected chi connectivity index (χ3v) is 7.16. The van der Waals surface area contributed by atoms with Crippen molar-refractivity contribution in [3.63, 3.8) is 0 Å². The van der Waals surface area contributed by atoms with E-state index in [2.05, 4.69) is 15.5 Å². The predicted octanol–water partition coefficient (Wildman–Crippen LogP) is 0.758. The Bertz CT molecular complexity index is 876. The number of ether oxygens (including phenoxy) is 1. The van der Waals surface area contributed by atoms with Gasteiger partial charge in [-0.1, -0.05) is 0 Å². The van der Waals surface area contributed by atoms with E-state index in [1.54, 1.807) is 11.0 Å². The molecule has 0 spiro atoms. The number of piperidine rings is 2. The van der Waals surface area contributed by atoms with Gasteiger partial charge in [-0.25, -0.2) is 0 Å². The molecule has 1 aromatic carbocycles. The van der Waals surface area contributed by atoms with Crippen LogP contribution in [0.15, 0.2) is 18.2 Å². The second kappa shape index (κ2) is 8.59. The van der Waals surface area contributed by atoms with Crippen molar-refractivity contribution in [3.05, 3.63) is 29.3 Å². The fourth-order valence-electron chi connectivity index (χ4n) is 5.30. The topological polar surface area (TPSA) is 91.0 Å². The molecule has 31 heavy (non-hydrogen) atoms. The van der Waals surface area contributed by atoms with Gasteiger partial charge in [0.15, 0.2) is 0 Å². The van der Waals surface area contributed by atoms with Crippen molar-refractivity contribution >= 4 is 17.7 Å². The summed E-state index contributed by atoms with van der Waals surface area (Å²) in [7, 11) is 0. The van der Waals surface area contributed by atoms with Crippen molar-refractivity contribution < 1.29 is 19.1 Å². The minimum Gasteiger partial charge on any atom is -0.492 e. The van der Waals surface area contributed by atoms with Crippen LogP contribution in [0.4, 0.5) is 0 Å². The van der Waals surface area contributed by atoms with Gasteiger partial charge in [-0.05, 0) is 68.0 Å². The second-order valence-electron chi connectivity index (χ2n) is 9.19. The van der Waals surface area contributed by atoms with E-state index in [1.165, 1.54) is 25.9 Å². The maximum atomic E-state index is 12.8. The van der Waals surface area contributed by atoms with Gasteiger partial charge in [-0.15, -0.1) is 0 Å². The zero-order chi connectivity index (χ0) is 21.4. The van der Waals surface area contributed by atoms with Gasteiger partial charge >= 0.3 is 0 Å². The van der Waals surface area contributed by atoms with Gasteiger partial charge in [0.2, 0.25) is 11.8 Å². The summed E-state index contributed by atoms with van der Waals surface area (Å²) in [4.78, 5) is 40.3. The number of imide groups is 1. The summed E-state index contributed by atoms with van der Waals surface area (Å²) < 4.78 is 5.96. The van der Waals surface area contributed by atoms with Crippen LogP contribution in [0, 0.1) is 11.8 Å². The fourth-order valence-corrected chi connectivity index (χ4v) is 5.30. The minimum atomic E-state index is -0.583. The number of carbonyl (C=O) groups excluding carboxylic acids is 3. The molecule has 1 aromatic rings. The minimum absolute atomic E-state index is 0.153. The largest absolute Gasteiger partial charge is 0.492 e. The van der Waals surface area contributed by atoms with Gasteiger partial charge in [0.25, 0.3) is 5.91 Å². The van der Waals surface area contributed by atoms with Crippen LogP contribution in [0.2, 0.25) is 0 Å². The molecule has 8 heteroatoms. The molecule has 0 aliphatic carbocycles. The highest BCUT2D eigenvalue weighted by molar-refractivity contribution is 6.05. The second-order valence-corrected chi connectivity index (χ2v) is 9.19. The molecule has 0 bridgehead atoms. The zero-order valence-electron chi connectivity index (χ0n) is 17.8. The summed E-state index contributed by atoms with van der Waals surface area (Å²) in [6.45, 7) is 6.57. The van der Waals surface area contributed by atoms with E-state index in [1.807, 2.05) is 12.1 Å². The number of amides is 3. The van der Waals surface area contributed by atoms with Gasteiger partial charge in [-0.3, -0.25) is 24.6 Å². The van der Waals surface area contributed by atoms with Gasteiger partial charge in [-0.2, -0.15) is 0 Å². The molecule has 166 valence electrons. The number of benzene rings is 1. The van der Waals surface area contributed by atoms with Crippen molar-refractivity contribution in [1.82, 2.24) is 20.4 Å². The lowest BCUT2D eigenvalue weighted by atomic mass is 9.81. The predicted molar refractivity (Wildman–Crippen MR) is 114 cm³/mol. The van der Waals surface area contributed by atoms with Crippen LogP contribution in [0.5, 0.6) is 5.75 Å². The first-order valence-corrected chi connectivity index (χ1v) is 11.4. The molecule has 0 aromatic heterocycles. The number of hydrogen-bond acceptors (Lipinski definition) is 6. The highest BCUT2D eigenvalue weighted by Crippen LogP contribution is 2.31. The molecule has 0 saturated carbocycles. The van der Waals surface area contributed by atoms with Gasteiger partial charge in [0.1, 0.15) is 18.4 Å². The molecule has 2 unspecified atom stereocenters. The highest BCUT2D eigenvalue weighted by atomic mass is 16.5. The Kier molecular flexibility index (Phi) is 5.67. The number of nitrogens with zero attached hydrogens (tertiary/aromatic N) is 2. The van der Waals surface area contributed by atoms with Crippen LogP contribution < -0.4 is 15.4 Å². The summed E-state index contributed by atoms with van der Waals surface area (Å²) in [5.74, 6) is 1.59. The Hall–Kier alpha value is -2.45. The molecule has 4 aliphatic rings. The standard InChI is InChI=1S/C23H30N4O4/c28-21-6-5-20(22(29)25-21)27-14-16-10-18(3-4-19(16)23(27)30)31-9-8-26-12-17(13-26)15-2-1-7-24-11-15/h3-4,10,15,17,20,24H,1-2,5-9,11-14H2,(H,25,28,29). The molecular formula is C23H30N4O4. The average molecular weight is 427 g/mol. The van der Waals surface area contributed by atoms with Crippen LogP contribution in [-0.2, 0) is 16.1 Å². The van der Waals surface area contributed by atoms with E-state index in [4.69, 9.17) is 4.74 Å². The van der Waals surface area contributed by atoms with E-state index in [0.717, 1.165) is 42.8 Å². The van der Waals surface area contributed by atoms with Gasteiger partial charge in [0, 0.05) is 38.2 Å². The number of nitrogens with one attached hydrogen (secondary N) is 2. The number of fused-ring (bicyclic) bond motifs is 1.